The second-order valence-corrected chi connectivity index (χ2v) is 7.39. The normalized spacial score (nSPS) is 11.1. The van der Waals surface area contributed by atoms with Crippen molar-refractivity contribution in [1.29, 1.82) is 0 Å². The van der Waals surface area contributed by atoms with E-state index in [-0.39, 0.29) is 41.6 Å². The van der Waals surface area contributed by atoms with Crippen molar-refractivity contribution in [2.45, 2.75) is 26.4 Å². The van der Waals surface area contributed by atoms with Crippen LogP contribution in [0, 0.1) is 5.82 Å². The number of ether oxygens (including phenoxy) is 1. The van der Waals surface area contributed by atoms with E-state index in [4.69, 9.17) is 16.2 Å². The van der Waals surface area contributed by atoms with E-state index in [9.17, 15) is 9.18 Å². The van der Waals surface area contributed by atoms with Crippen LogP contribution in [-0.4, -0.2) is 31.9 Å². The van der Waals surface area contributed by atoms with Crippen molar-refractivity contribution in [3.8, 4) is 5.95 Å². The highest BCUT2D eigenvalue weighted by atomic mass is 19.1. The second kappa shape index (κ2) is 8.50. The molecule has 10 heteroatoms. The van der Waals surface area contributed by atoms with Gasteiger partial charge in [0.05, 0.1) is 17.3 Å². The molecule has 2 aromatic carbocycles. The third-order valence-corrected chi connectivity index (χ3v) is 4.69. The van der Waals surface area contributed by atoms with Gasteiger partial charge in [0, 0.05) is 11.8 Å². The maximum Gasteiger partial charge on any atom is 0.412 e. The average Bonchev–Trinajstić information content (AvgIpc) is 3.10. The van der Waals surface area contributed by atoms with Crippen molar-refractivity contribution in [2.24, 2.45) is 0 Å². The number of nitrogen functional groups attached to an aromatic ring is 2. The highest BCUT2D eigenvalue weighted by Gasteiger charge is 2.19. The lowest BCUT2D eigenvalue weighted by atomic mass is 10.1. The number of nitrogens with zero attached hydrogens (tertiary/aromatic N) is 4. The summed E-state index contributed by atoms with van der Waals surface area (Å²) in [6.07, 6.45) is -0.751. The Kier molecular flexibility index (Phi) is 5.59. The van der Waals surface area contributed by atoms with Crippen molar-refractivity contribution >= 4 is 34.3 Å². The van der Waals surface area contributed by atoms with Crippen LogP contribution in [0.1, 0.15) is 25.1 Å². The quantitative estimate of drug-likeness (QED) is 0.435. The maximum atomic E-state index is 14.2. The summed E-state index contributed by atoms with van der Waals surface area (Å²) in [4.78, 5) is 20.4. The van der Waals surface area contributed by atoms with Crippen LogP contribution >= 0.6 is 0 Å². The van der Waals surface area contributed by atoms with Gasteiger partial charge >= 0.3 is 6.09 Å². The molecule has 9 nitrogen and oxygen atoms in total. The number of amides is 1. The summed E-state index contributed by atoms with van der Waals surface area (Å²) in [6, 6.07) is 14.0. The molecule has 0 saturated heterocycles. The average molecular weight is 435 g/mol. The molecule has 4 rings (SSSR count). The lowest BCUT2D eigenvalue weighted by Crippen LogP contribution is -2.21. The predicted molar refractivity (Wildman–Crippen MR) is 120 cm³/mol. The fourth-order valence-corrected chi connectivity index (χ4v) is 3.29. The van der Waals surface area contributed by atoms with E-state index in [0.717, 1.165) is 5.39 Å². The van der Waals surface area contributed by atoms with Crippen molar-refractivity contribution in [3.63, 3.8) is 0 Å². The Morgan fingerprint density at radius 3 is 2.44 bits per heavy atom. The number of benzene rings is 2. The van der Waals surface area contributed by atoms with Gasteiger partial charge in [-0.15, -0.1) is 0 Å². The van der Waals surface area contributed by atoms with Gasteiger partial charge in [0.2, 0.25) is 0 Å². The van der Waals surface area contributed by atoms with Crippen LogP contribution in [0.25, 0.3) is 16.9 Å². The molecule has 0 aliphatic rings. The van der Waals surface area contributed by atoms with Gasteiger partial charge in [-0.3, -0.25) is 5.32 Å². The zero-order chi connectivity index (χ0) is 22.8. The van der Waals surface area contributed by atoms with Crippen LogP contribution in [0.15, 0.2) is 48.5 Å². The molecule has 1 amide bonds. The summed E-state index contributed by atoms with van der Waals surface area (Å²) < 4.78 is 20.7. The van der Waals surface area contributed by atoms with E-state index in [0.29, 0.717) is 16.8 Å². The maximum absolute atomic E-state index is 14.2. The van der Waals surface area contributed by atoms with Crippen molar-refractivity contribution in [1.82, 2.24) is 19.7 Å². The number of nitrogens with two attached hydrogens (primary N) is 2. The number of halogens is 1. The van der Waals surface area contributed by atoms with E-state index in [2.05, 4.69) is 20.4 Å². The number of carbonyl (C=O) groups is 1. The first kappa shape index (κ1) is 21.0. The molecule has 0 unspecified atom stereocenters. The Labute approximate surface area is 183 Å². The topological polar surface area (TPSA) is 134 Å². The number of rotatable bonds is 5. The molecule has 2 heterocycles. The van der Waals surface area contributed by atoms with Gasteiger partial charge in [-0.05, 0) is 31.5 Å². The third kappa shape index (κ3) is 4.15. The minimum atomic E-state index is -0.716. The molecule has 0 atom stereocenters. The van der Waals surface area contributed by atoms with Crippen LogP contribution in [0.5, 0.6) is 0 Å². The van der Waals surface area contributed by atoms with Gasteiger partial charge in [-0.1, -0.05) is 36.4 Å². The number of hydrogen-bond acceptors (Lipinski definition) is 7. The molecule has 0 radical (unpaired) electrons. The van der Waals surface area contributed by atoms with E-state index in [1.165, 1.54) is 10.7 Å². The van der Waals surface area contributed by atoms with E-state index in [1.54, 1.807) is 32.0 Å². The second-order valence-electron chi connectivity index (χ2n) is 7.39. The molecule has 0 spiro atoms. The number of para-hydroxylation sites is 1. The summed E-state index contributed by atoms with van der Waals surface area (Å²) in [5, 5.41) is 7.89. The number of anilines is 3. The first-order valence-electron chi connectivity index (χ1n) is 9.94. The molecule has 0 fully saturated rings. The SMILES string of the molecule is CC(C)OC(=O)Nc1c(N)nc(-n2nc(Cc3ccccc3F)c3ccccc32)nc1N. The molecule has 4 aromatic rings. The smallest absolute Gasteiger partial charge is 0.412 e. The fourth-order valence-electron chi connectivity index (χ4n) is 3.29. The molecule has 0 aliphatic heterocycles. The van der Waals surface area contributed by atoms with Gasteiger partial charge in [0.25, 0.3) is 5.95 Å². The fraction of sp³-hybridized carbons (Fsp3) is 0.182. The Hall–Kier alpha value is -4.21. The van der Waals surface area contributed by atoms with Crippen LogP contribution in [0.4, 0.5) is 26.5 Å². The lowest BCUT2D eigenvalue weighted by molar-refractivity contribution is 0.130. The summed E-state index contributed by atoms with van der Waals surface area (Å²) in [5.74, 6) is -0.259. The zero-order valence-electron chi connectivity index (χ0n) is 17.5. The third-order valence-electron chi connectivity index (χ3n) is 4.69. The largest absolute Gasteiger partial charge is 0.447 e. The lowest BCUT2D eigenvalue weighted by Gasteiger charge is -2.13. The molecule has 2 aromatic heterocycles. The first-order chi connectivity index (χ1) is 15.3. The molecule has 5 N–H and O–H groups in total. The Morgan fingerprint density at radius 2 is 1.75 bits per heavy atom. The zero-order valence-corrected chi connectivity index (χ0v) is 17.5. The predicted octanol–water partition coefficient (Wildman–Crippen LogP) is 3.67. The van der Waals surface area contributed by atoms with Crippen LogP contribution < -0.4 is 16.8 Å². The Balaban J connectivity index is 1.74. The van der Waals surface area contributed by atoms with Gasteiger partial charge in [-0.2, -0.15) is 19.7 Å². The van der Waals surface area contributed by atoms with Gasteiger partial charge < -0.3 is 16.2 Å². The van der Waals surface area contributed by atoms with Gasteiger partial charge in [-0.25, -0.2) is 9.18 Å². The summed E-state index contributed by atoms with van der Waals surface area (Å²) in [5.41, 5.74) is 14.0. The number of hydrogen-bond donors (Lipinski definition) is 3. The van der Waals surface area contributed by atoms with Crippen molar-refractivity contribution < 1.29 is 13.9 Å². The van der Waals surface area contributed by atoms with Crippen LogP contribution in [0.3, 0.4) is 0 Å². The Bertz CT molecular complexity index is 1280. The number of nitrogens with one attached hydrogen (secondary N) is 1. The standard InChI is InChI=1S/C22H22FN7O2/c1-12(2)32-22(31)26-18-19(24)27-21(28-20(18)25)30-17-10-6-4-8-14(17)16(29-30)11-13-7-3-5-9-15(13)23/h3-10,12H,11H2,1-2H3,(H,26,31)(H4,24,25,27,28). The van der Waals surface area contributed by atoms with Crippen LogP contribution in [-0.2, 0) is 11.2 Å². The Morgan fingerprint density at radius 1 is 1.09 bits per heavy atom. The first-order valence-corrected chi connectivity index (χ1v) is 9.94. The molecule has 0 aliphatic carbocycles. The molecular formula is C22H22FN7O2. The minimum absolute atomic E-state index is 0.0385. The highest BCUT2D eigenvalue weighted by molar-refractivity contribution is 5.92. The number of aromatic nitrogens is 4. The molecular weight excluding hydrogens is 413 g/mol. The molecule has 0 saturated carbocycles. The summed E-state index contributed by atoms with van der Waals surface area (Å²) in [6.45, 7) is 3.43. The monoisotopic (exact) mass is 435 g/mol. The molecule has 164 valence electrons. The number of fused-ring (bicyclic) bond motifs is 1. The van der Waals surface area contributed by atoms with Crippen molar-refractivity contribution in [2.75, 3.05) is 16.8 Å². The van der Waals surface area contributed by atoms with E-state index >= 15 is 0 Å². The van der Waals surface area contributed by atoms with E-state index in [1.807, 2.05) is 24.3 Å². The number of carbonyl (C=O) groups excluding carboxylic acids is 1. The van der Waals surface area contributed by atoms with Crippen molar-refractivity contribution in [3.05, 3.63) is 65.6 Å². The molecule has 0 bridgehead atoms. The summed E-state index contributed by atoms with van der Waals surface area (Å²) >= 11 is 0. The van der Waals surface area contributed by atoms with Crippen LogP contribution in [0.2, 0.25) is 0 Å². The molecule has 32 heavy (non-hydrogen) atoms. The van der Waals surface area contributed by atoms with Gasteiger partial charge in [0.1, 0.15) is 11.5 Å². The van der Waals surface area contributed by atoms with Gasteiger partial charge in [0.15, 0.2) is 11.6 Å². The highest BCUT2D eigenvalue weighted by Crippen LogP contribution is 2.27. The summed E-state index contributed by atoms with van der Waals surface area (Å²) in [7, 11) is 0. The van der Waals surface area contributed by atoms with E-state index < -0.39 is 6.09 Å². The minimum Gasteiger partial charge on any atom is -0.447 e.